The van der Waals surface area contributed by atoms with Gasteiger partial charge in [-0.3, -0.25) is 0 Å². The van der Waals surface area contributed by atoms with Crippen molar-refractivity contribution in [1.82, 2.24) is 0 Å². The van der Waals surface area contributed by atoms with Crippen LogP contribution in [0, 0.1) is 5.41 Å². The zero-order valence-electron chi connectivity index (χ0n) is 6.78. The molecule has 4 heteroatoms. The molecule has 1 aromatic rings. The Morgan fingerprint density at radius 1 is 1.25 bits per heavy atom. The van der Waals surface area contributed by atoms with E-state index in [2.05, 4.69) is 0 Å². The van der Waals surface area contributed by atoms with Gasteiger partial charge >= 0.3 is 7.12 Å². The van der Waals surface area contributed by atoms with Crippen LogP contribution in [-0.2, 0) is 0 Å². The van der Waals surface area contributed by atoms with Crippen molar-refractivity contribution in [1.29, 1.82) is 5.41 Å². The maximum Gasteiger partial charge on any atom is 0.488 e. The molecular weight excluding hydrogens is 153 g/mol. The molecule has 62 valence electrons. The van der Waals surface area contributed by atoms with Gasteiger partial charge in [0.1, 0.15) is 0 Å². The van der Waals surface area contributed by atoms with E-state index in [0.29, 0.717) is 11.2 Å². The van der Waals surface area contributed by atoms with E-state index in [0.717, 1.165) is 5.56 Å². The lowest BCUT2D eigenvalue weighted by Gasteiger charge is -2.00. The van der Waals surface area contributed by atoms with Crippen LogP contribution in [0.5, 0.6) is 0 Å². The molecule has 0 aliphatic heterocycles. The van der Waals surface area contributed by atoms with E-state index >= 15 is 0 Å². The highest BCUT2D eigenvalue weighted by atomic mass is 16.4. The average molecular weight is 163 g/mol. The first-order chi connectivity index (χ1) is 5.61. The van der Waals surface area contributed by atoms with Gasteiger partial charge in [0.25, 0.3) is 0 Å². The van der Waals surface area contributed by atoms with Crippen molar-refractivity contribution in [2.24, 2.45) is 0 Å². The molecule has 0 saturated carbocycles. The van der Waals surface area contributed by atoms with E-state index in [4.69, 9.17) is 15.5 Å². The fraction of sp³-hybridized carbons (Fsp3) is 0.125. The summed E-state index contributed by atoms with van der Waals surface area (Å²) in [5, 5.41) is 24.8. The first-order valence-corrected chi connectivity index (χ1v) is 3.63. The standard InChI is InChI=1S/C8H10BNO2/c1-6(10)7-2-4-8(5-3-7)9(11)12/h2-5,10-12H,1H3. The maximum atomic E-state index is 8.76. The van der Waals surface area contributed by atoms with E-state index in [1.165, 1.54) is 0 Å². The molecule has 1 rings (SSSR count). The van der Waals surface area contributed by atoms with Crippen LogP contribution < -0.4 is 5.46 Å². The van der Waals surface area contributed by atoms with Crippen molar-refractivity contribution in [3.8, 4) is 0 Å². The van der Waals surface area contributed by atoms with Gasteiger partial charge < -0.3 is 15.5 Å². The molecule has 3 N–H and O–H groups in total. The van der Waals surface area contributed by atoms with Crippen LogP contribution in [-0.4, -0.2) is 22.9 Å². The van der Waals surface area contributed by atoms with Gasteiger partial charge in [0.05, 0.1) is 0 Å². The quantitative estimate of drug-likeness (QED) is 0.415. The molecular formula is C8H10BNO2. The fourth-order valence-corrected chi connectivity index (χ4v) is 0.905. The van der Waals surface area contributed by atoms with E-state index in [9.17, 15) is 0 Å². The highest BCUT2D eigenvalue weighted by Gasteiger charge is 2.09. The van der Waals surface area contributed by atoms with Gasteiger partial charge in [0, 0.05) is 5.71 Å². The summed E-state index contributed by atoms with van der Waals surface area (Å²) in [6.07, 6.45) is 0. The third-order valence-corrected chi connectivity index (χ3v) is 1.64. The van der Waals surface area contributed by atoms with Gasteiger partial charge in [0.15, 0.2) is 0 Å². The second-order valence-corrected chi connectivity index (χ2v) is 2.62. The molecule has 0 aliphatic rings. The fourth-order valence-electron chi connectivity index (χ4n) is 0.905. The van der Waals surface area contributed by atoms with Gasteiger partial charge in [-0.1, -0.05) is 24.3 Å². The molecule has 0 aromatic heterocycles. The Kier molecular flexibility index (Phi) is 2.63. The number of hydrogen-bond donors (Lipinski definition) is 3. The second kappa shape index (κ2) is 3.52. The molecule has 0 radical (unpaired) electrons. The minimum absolute atomic E-state index is 0.444. The number of benzene rings is 1. The normalized spacial score (nSPS) is 9.58. The molecule has 0 saturated heterocycles. The largest absolute Gasteiger partial charge is 0.488 e. The predicted molar refractivity (Wildman–Crippen MR) is 48.8 cm³/mol. The lowest BCUT2D eigenvalue weighted by atomic mass is 9.80. The molecule has 0 aliphatic carbocycles. The predicted octanol–water partition coefficient (Wildman–Crippen LogP) is -0.246. The Balaban J connectivity index is 2.93. The Hall–Kier alpha value is -1.13. The van der Waals surface area contributed by atoms with Crippen LogP contribution in [0.3, 0.4) is 0 Å². The Morgan fingerprint density at radius 3 is 2.08 bits per heavy atom. The summed E-state index contributed by atoms with van der Waals surface area (Å²) >= 11 is 0. The van der Waals surface area contributed by atoms with Crippen molar-refractivity contribution < 1.29 is 10.0 Å². The number of rotatable bonds is 2. The van der Waals surface area contributed by atoms with Gasteiger partial charge in [-0.05, 0) is 17.9 Å². The summed E-state index contributed by atoms with van der Waals surface area (Å²) in [5.41, 5.74) is 1.70. The first-order valence-electron chi connectivity index (χ1n) is 3.63. The number of hydrogen-bond acceptors (Lipinski definition) is 3. The molecule has 0 fully saturated rings. The van der Waals surface area contributed by atoms with Gasteiger partial charge in [-0.25, -0.2) is 0 Å². The molecule has 0 bridgehead atoms. The third-order valence-electron chi connectivity index (χ3n) is 1.64. The summed E-state index contributed by atoms with van der Waals surface area (Å²) in [6, 6.07) is 6.57. The molecule has 1 aromatic carbocycles. The van der Waals surface area contributed by atoms with E-state index in [1.807, 2.05) is 0 Å². The Morgan fingerprint density at radius 2 is 1.75 bits per heavy atom. The van der Waals surface area contributed by atoms with Crippen LogP contribution in [0.1, 0.15) is 12.5 Å². The van der Waals surface area contributed by atoms with E-state index in [1.54, 1.807) is 31.2 Å². The smallest absolute Gasteiger partial charge is 0.423 e. The molecule has 0 heterocycles. The molecule has 0 atom stereocenters. The van der Waals surface area contributed by atoms with Gasteiger partial charge in [-0.2, -0.15) is 0 Å². The van der Waals surface area contributed by atoms with Crippen molar-refractivity contribution in [2.45, 2.75) is 6.92 Å². The van der Waals surface area contributed by atoms with Crippen LogP contribution in [0.15, 0.2) is 24.3 Å². The summed E-state index contributed by atoms with van der Waals surface area (Å²) in [7, 11) is -1.43. The highest BCUT2D eigenvalue weighted by molar-refractivity contribution is 6.58. The molecule has 3 nitrogen and oxygen atoms in total. The second-order valence-electron chi connectivity index (χ2n) is 2.62. The maximum absolute atomic E-state index is 8.76. The highest BCUT2D eigenvalue weighted by Crippen LogP contribution is 1.97. The zero-order valence-corrected chi connectivity index (χ0v) is 6.78. The summed E-state index contributed by atoms with van der Waals surface area (Å²) in [4.78, 5) is 0. The average Bonchev–Trinajstić information content (AvgIpc) is 2.04. The summed E-state index contributed by atoms with van der Waals surface area (Å²) in [6.45, 7) is 1.68. The monoisotopic (exact) mass is 163 g/mol. The summed E-state index contributed by atoms with van der Waals surface area (Å²) < 4.78 is 0. The summed E-state index contributed by atoms with van der Waals surface area (Å²) in [5.74, 6) is 0. The minimum atomic E-state index is -1.43. The van der Waals surface area contributed by atoms with Crippen LogP contribution in [0.4, 0.5) is 0 Å². The van der Waals surface area contributed by atoms with Gasteiger partial charge in [-0.15, -0.1) is 0 Å². The van der Waals surface area contributed by atoms with Crippen molar-refractivity contribution in [2.75, 3.05) is 0 Å². The van der Waals surface area contributed by atoms with Crippen LogP contribution in [0.25, 0.3) is 0 Å². The lowest BCUT2D eigenvalue weighted by molar-refractivity contribution is 0.426. The molecule has 12 heavy (non-hydrogen) atoms. The van der Waals surface area contributed by atoms with Crippen molar-refractivity contribution in [3.05, 3.63) is 29.8 Å². The number of nitrogens with one attached hydrogen (secondary N) is 1. The van der Waals surface area contributed by atoms with E-state index < -0.39 is 7.12 Å². The topological polar surface area (TPSA) is 64.3 Å². The molecule has 0 amide bonds. The van der Waals surface area contributed by atoms with Crippen LogP contribution >= 0.6 is 0 Å². The Labute approximate surface area is 71.3 Å². The third kappa shape index (κ3) is 1.93. The van der Waals surface area contributed by atoms with Crippen molar-refractivity contribution >= 4 is 18.3 Å². The molecule has 0 unspecified atom stereocenters. The van der Waals surface area contributed by atoms with E-state index in [-0.39, 0.29) is 0 Å². The zero-order chi connectivity index (χ0) is 9.14. The molecule has 0 spiro atoms. The van der Waals surface area contributed by atoms with Crippen LogP contribution in [0.2, 0.25) is 0 Å². The van der Waals surface area contributed by atoms with Crippen molar-refractivity contribution in [3.63, 3.8) is 0 Å². The lowest BCUT2D eigenvalue weighted by Crippen LogP contribution is -2.29. The first kappa shape index (κ1) is 8.97. The minimum Gasteiger partial charge on any atom is -0.423 e. The van der Waals surface area contributed by atoms with Gasteiger partial charge in [0.2, 0.25) is 0 Å². The SMILES string of the molecule is CC(=N)c1ccc(B(O)O)cc1. The Bertz CT molecular complexity index is 282.